The standard InChI is InChI=1S/C19H28N4O5S/c1-5-23(6-2)29(26,27)14-7-8-16-15(13-14)21-17(22(16)3)9-10-18(24)20-12-11-19(25)28-4/h7-8,13H,5-6,9-12H2,1-4H3,(H,20,24). The van der Waals surface area contributed by atoms with Crippen LogP contribution in [0.4, 0.5) is 0 Å². The summed E-state index contributed by atoms with van der Waals surface area (Å²) in [5, 5.41) is 2.66. The molecule has 0 fully saturated rings. The van der Waals surface area contributed by atoms with Gasteiger partial charge in [0.25, 0.3) is 0 Å². The third kappa shape index (κ3) is 5.33. The molecule has 0 spiro atoms. The zero-order valence-corrected chi connectivity index (χ0v) is 18.1. The molecule has 1 N–H and O–H groups in total. The van der Waals surface area contributed by atoms with Gasteiger partial charge < -0.3 is 14.6 Å². The highest BCUT2D eigenvalue weighted by Gasteiger charge is 2.22. The van der Waals surface area contributed by atoms with Gasteiger partial charge in [-0.2, -0.15) is 4.31 Å². The summed E-state index contributed by atoms with van der Waals surface area (Å²) in [5.74, 6) is 0.113. The van der Waals surface area contributed by atoms with Crippen LogP contribution in [-0.2, 0) is 37.8 Å². The van der Waals surface area contributed by atoms with E-state index >= 15 is 0 Å². The minimum atomic E-state index is -3.56. The SMILES string of the molecule is CCN(CC)S(=O)(=O)c1ccc2c(c1)nc(CCC(=O)NCCC(=O)OC)n2C. The van der Waals surface area contributed by atoms with Crippen molar-refractivity contribution in [1.29, 1.82) is 0 Å². The smallest absolute Gasteiger partial charge is 0.307 e. The third-order valence-electron chi connectivity index (χ3n) is 4.74. The number of amides is 1. The highest BCUT2D eigenvalue weighted by molar-refractivity contribution is 7.89. The Morgan fingerprint density at radius 1 is 1.21 bits per heavy atom. The summed E-state index contributed by atoms with van der Waals surface area (Å²) >= 11 is 0. The molecule has 160 valence electrons. The highest BCUT2D eigenvalue weighted by Crippen LogP contribution is 2.22. The predicted molar refractivity (Wildman–Crippen MR) is 109 cm³/mol. The number of nitrogens with one attached hydrogen (secondary N) is 1. The Labute approximate surface area is 171 Å². The highest BCUT2D eigenvalue weighted by atomic mass is 32.2. The van der Waals surface area contributed by atoms with Gasteiger partial charge >= 0.3 is 5.97 Å². The second-order valence-electron chi connectivity index (χ2n) is 6.50. The Balaban J connectivity index is 2.11. The number of imidazole rings is 1. The fourth-order valence-electron chi connectivity index (χ4n) is 3.05. The number of sulfonamides is 1. The first kappa shape index (κ1) is 22.8. The average Bonchev–Trinajstić information content (AvgIpc) is 3.02. The molecule has 9 nitrogen and oxygen atoms in total. The summed E-state index contributed by atoms with van der Waals surface area (Å²) in [6.45, 7) is 4.62. The first-order chi connectivity index (χ1) is 13.7. The number of benzene rings is 1. The summed E-state index contributed by atoms with van der Waals surface area (Å²) in [5.41, 5.74) is 1.37. The fourth-order valence-corrected chi connectivity index (χ4v) is 4.52. The van der Waals surface area contributed by atoms with Crippen molar-refractivity contribution in [3.63, 3.8) is 0 Å². The topological polar surface area (TPSA) is 111 Å². The Hall–Kier alpha value is -2.46. The third-order valence-corrected chi connectivity index (χ3v) is 6.79. The zero-order chi connectivity index (χ0) is 21.6. The van der Waals surface area contributed by atoms with Crippen molar-refractivity contribution >= 4 is 32.9 Å². The summed E-state index contributed by atoms with van der Waals surface area (Å²) in [4.78, 5) is 27.7. The number of fused-ring (bicyclic) bond motifs is 1. The minimum Gasteiger partial charge on any atom is -0.469 e. The van der Waals surface area contributed by atoms with Gasteiger partial charge in [-0.25, -0.2) is 13.4 Å². The Kier molecular flexibility index (Phi) is 7.74. The van der Waals surface area contributed by atoms with Crippen LogP contribution >= 0.6 is 0 Å². The van der Waals surface area contributed by atoms with E-state index in [4.69, 9.17) is 0 Å². The first-order valence-corrected chi connectivity index (χ1v) is 11.0. The maximum absolute atomic E-state index is 12.7. The van der Waals surface area contributed by atoms with Crippen LogP contribution < -0.4 is 5.32 Å². The Morgan fingerprint density at radius 2 is 1.90 bits per heavy atom. The molecule has 0 bridgehead atoms. The molecule has 2 aromatic rings. The number of rotatable bonds is 10. The predicted octanol–water partition coefficient (Wildman–Crippen LogP) is 1.22. The van der Waals surface area contributed by atoms with Crippen molar-refractivity contribution in [2.24, 2.45) is 7.05 Å². The minimum absolute atomic E-state index is 0.123. The van der Waals surface area contributed by atoms with E-state index in [0.29, 0.717) is 30.9 Å². The number of carbonyl (C=O) groups excluding carboxylic acids is 2. The molecule has 0 aliphatic carbocycles. The summed E-state index contributed by atoms with van der Waals surface area (Å²) in [6.07, 6.45) is 0.731. The van der Waals surface area contributed by atoms with E-state index in [1.165, 1.54) is 11.4 Å². The van der Waals surface area contributed by atoms with Crippen molar-refractivity contribution in [1.82, 2.24) is 19.2 Å². The Morgan fingerprint density at radius 3 is 2.52 bits per heavy atom. The van der Waals surface area contributed by atoms with E-state index in [-0.39, 0.29) is 36.2 Å². The van der Waals surface area contributed by atoms with Gasteiger partial charge in [0, 0.05) is 39.5 Å². The number of ether oxygens (including phenoxy) is 1. The molecule has 0 aliphatic heterocycles. The number of carbonyl (C=O) groups is 2. The molecule has 10 heteroatoms. The second-order valence-corrected chi connectivity index (χ2v) is 8.44. The molecule has 0 radical (unpaired) electrons. The summed E-state index contributed by atoms with van der Waals surface area (Å²) < 4.78 is 33.2. The van der Waals surface area contributed by atoms with Gasteiger partial charge in [-0.3, -0.25) is 9.59 Å². The Bertz CT molecular complexity index is 980. The lowest BCUT2D eigenvalue weighted by atomic mass is 10.2. The molecule has 1 aromatic carbocycles. The molecular weight excluding hydrogens is 396 g/mol. The van der Waals surface area contributed by atoms with Crippen molar-refractivity contribution in [3.05, 3.63) is 24.0 Å². The lowest BCUT2D eigenvalue weighted by Gasteiger charge is -2.18. The van der Waals surface area contributed by atoms with Crippen molar-refractivity contribution < 1.29 is 22.7 Å². The van der Waals surface area contributed by atoms with Gasteiger partial charge in [0.1, 0.15) is 5.82 Å². The van der Waals surface area contributed by atoms with Crippen LogP contribution in [0.15, 0.2) is 23.1 Å². The molecule has 0 saturated carbocycles. The molecule has 0 unspecified atom stereocenters. The summed E-state index contributed by atoms with van der Waals surface area (Å²) in [7, 11) is -0.427. The number of nitrogens with zero attached hydrogens (tertiary/aromatic N) is 3. The van der Waals surface area contributed by atoms with E-state index in [1.54, 1.807) is 32.0 Å². The van der Waals surface area contributed by atoms with Gasteiger partial charge in [0.2, 0.25) is 15.9 Å². The van der Waals surface area contributed by atoms with Gasteiger partial charge in [-0.1, -0.05) is 13.8 Å². The van der Waals surface area contributed by atoms with Crippen LogP contribution in [0.1, 0.15) is 32.5 Å². The van der Waals surface area contributed by atoms with Gasteiger partial charge in [0.15, 0.2) is 0 Å². The fraction of sp³-hybridized carbons (Fsp3) is 0.526. The van der Waals surface area contributed by atoms with Crippen LogP contribution in [0.3, 0.4) is 0 Å². The number of hydrogen-bond acceptors (Lipinski definition) is 6. The largest absolute Gasteiger partial charge is 0.469 e. The van der Waals surface area contributed by atoms with E-state index in [0.717, 1.165) is 5.52 Å². The first-order valence-electron chi connectivity index (χ1n) is 9.53. The lowest BCUT2D eigenvalue weighted by Crippen LogP contribution is -2.30. The molecular formula is C19H28N4O5S. The number of aryl methyl sites for hydroxylation is 2. The zero-order valence-electron chi connectivity index (χ0n) is 17.3. The van der Waals surface area contributed by atoms with Gasteiger partial charge in [-0.15, -0.1) is 0 Å². The van der Waals surface area contributed by atoms with E-state index in [2.05, 4.69) is 15.0 Å². The van der Waals surface area contributed by atoms with Crippen LogP contribution in [0.5, 0.6) is 0 Å². The maximum atomic E-state index is 12.7. The molecule has 2 rings (SSSR count). The molecule has 0 saturated heterocycles. The number of esters is 1. The van der Waals surface area contributed by atoms with Crippen LogP contribution in [0, 0.1) is 0 Å². The van der Waals surface area contributed by atoms with E-state index in [1.807, 2.05) is 11.6 Å². The summed E-state index contributed by atoms with van der Waals surface area (Å²) in [6, 6.07) is 4.89. The molecule has 1 heterocycles. The van der Waals surface area contributed by atoms with Gasteiger partial charge in [0.05, 0.1) is 29.5 Å². The molecule has 0 aliphatic rings. The molecule has 29 heavy (non-hydrogen) atoms. The number of methoxy groups -OCH3 is 1. The maximum Gasteiger partial charge on any atom is 0.307 e. The normalized spacial score (nSPS) is 11.8. The monoisotopic (exact) mass is 424 g/mol. The van der Waals surface area contributed by atoms with Gasteiger partial charge in [-0.05, 0) is 18.2 Å². The van der Waals surface area contributed by atoms with Crippen LogP contribution in [-0.4, -0.2) is 60.9 Å². The molecule has 0 atom stereocenters. The quantitative estimate of drug-likeness (QED) is 0.574. The number of aromatic nitrogens is 2. The molecule has 1 aromatic heterocycles. The second kappa shape index (κ2) is 9.84. The van der Waals surface area contributed by atoms with Crippen LogP contribution in [0.25, 0.3) is 11.0 Å². The molecule has 1 amide bonds. The number of hydrogen-bond donors (Lipinski definition) is 1. The van der Waals surface area contributed by atoms with Crippen molar-refractivity contribution in [2.45, 2.75) is 38.0 Å². The average molecular weight is 425 g/mol. The van der Waals surface area contributed by atoms with Crippen molar-refractivity contribution in [3.8, 4) is 0 Å². The van der Waals surface area contributed by atoms with Crippen molar-refractivity contribution in [2.75, 3.05) is 26.7 Å². The van der Waals surface area contributed by atoms with Crippen LogP contribution in [0.2, 0.25) is 0 Å². The van der Waals surface area contributed by atoms with E-state index < -0.39 is 10.0 Å². The lowest BCUT2D eigenvalue weighted by molar-refractivity contribution is -0.140. The van der Waals surface area contributed by atoms with E-state index in [9.17, 15) is 18.0 Å².